The maximum atomic E-state index is 12.3. The molecule has 0 saturated carbocycles. The highest BCUT2D eigenvalue weighted by molar-refractivity contribution is 6.32. The Morgan fingerprint density at radius 1 is 1.03 bits per heavy atom. The first-order valence-electron chi connectivity index (χ1n) is 10.0. The summed E-state index contributed by atoms with van der Waals surface area (Å²) in [5.41, 5.74) is 1.46. The quantitative estimate of drug-likeness (QED) is 0.666. The fourth-order valence-electron chi connectivity index (χ4n) is 3.22. The number of nitrogens with zero attached hydrogens (tertiary/aromatic N) is 2. The smallest absolute Gasteiger partial charge is 0.410 e. The van der Waals surface area contributed by atoms with Gasteiger partial charge in [-0.25, -0.2) is 4.79 Å². The molecule has 0 atom stereocenters. The topological polar surface area (TPSA) is 51.2 Å². The molecule has 0 radical (unpaired) electrons. The number of amides is 1. The molecule has 0 aromatic heterocycles. The molecule has 0 unspecified atom stereocenters. The third-order valence-corrected chi connectivity index (χ3v) is 5.06. The highest BCUT2D eigenvalue weighted by Crippen LogP contribution is 2.36. The number of rotatable bonds is 5. The lowest BCUT2D eigenvalue weighted by molar-refractivity contribution is 0.0240. The van der Waals surface area contributed by atoms with E-state index in [1.54, 1.807) is 12.0 Å². The van der Waals surface area contributed by atoms with Crippen molar-refractivity contribution in [3.8, 4) is 11.5 Å². The van der Waals surface area contributed by atoms with Crippen molar-refractivity contribution in [1.82, 2.24) is 4.90 Å². The second-order valence-electron chi connectivity index (χ2n) is 8.18. The molecule has 1 amide bonds. The minimum atomic E-state index is -0.496. The number of carbonyl (C=O) groups is 1. The number of benzene rings is 2. The Morgan fingerprint density at radius 3 is 2.30 bits per heavy atom. The molecule has 7 heteroatoms. The summed E-state index contributed by atoms with van der Waals surface area (Å²) in [5, 5.41) is 0.565. The number of ether oxygens (including phenoxy) is 3. The van der Waals surface area contributed by atoms with Crippen LogP contribution in [0.25, 0.3) is 0 Å². The number of para-hydroxylation sites is 1. The van der Waals surface area contributed by atoms with Gasteiger partial charge in [-0.15, -0.1) is 0 Å². The lowest BCUT2D eigenvalue weighted by Crippen LogP contribution is -2.50. The van der Waals surface area contributed by atoms with Gasteiger partial charge in [0.1, 0.15) is 18.0 Å². The third-order valence-electron chi connectivity index (χ3n) is 4.76. The Morgan fingerprint density at radius 2 is 1.70 bits per heavy atom. The van der Waals surface area contributed by atoms with Crippen LogP contribution in [0, 0.1) is 0 Å². The minimum absolute atomic E-state index is 0.274. The molecule has 0 N–H and O–H groups in total. The Hall–Kier alpha value is -2.60. The molecule has 1 heterocycles. The van der Waals surface area contributed by atoms with E-state index >= 15 is 0 Å². The van der Waals surface area contributed by atoms with Crippen LogP contribution in [0.3, 0.4) is 0 Å². The lowest BCUT2D eigenvalue weighted by atomic mass is 10.2. The zero-order valence-corrected chi connectivity index (χ0v) is 18.7. The van der Waals surface area contributed by atoms with E-state index in [0.717, 1.165) is 17.0 Å². The van der Waals surface area contributed by atoms with E-state index in [1.807, 2.05) is 63.2 Å². The first kappa shape index (κ1) is 22.1. The van der Waals surface area contributed by atoms with E-state index in [9.17, 15) is 4.79 Å². The number of anilines is 1. The first-order chi connectivity index (χ1) is 14.3. The standard InChI is InChI=1S/C23H29ClN2O4/c1-23(2,3)30-22(27)26-14-12-25(13-15-26)20-7-5-6-19(24)21(20)29-16-17-8-10-18(28-4)11-9-17/h5-11H,12-16H2,1-4H3. The predicted octanol–water partition coefficient (Wildman–Crippen LogP) is 4.98. The molecule has 30 heavy (non-hydrogen) atoms. The van der Waals surface area contributed by atoms with Gasteiger partial charge >= 0.3 is 6.09 Å². The second-order valence-corrected chi connectivity index (χ2v) is 8.59. The predicted molar refractivity (Wildman–Crippen MR) is 119 cm³/mol. The zero-order chi connectivity index (χ0) is 21.7. The maximum absolute atomic E-state index is 12.3. The fraction of sp³-hybridized carbons (Fsp3) is 0.435. The van der Waals surface area contributed by atoms with Gasteiger partial charge in [-0.1, -0.05) is 29.8 Å². The highest BCUT2D eigenvalue weighted by atomic mass is 35.5. The van der Waals surface area contributed by atoms with Crippen molar-refractivity contribution in [3.05, 3.63) is 53.1 Å². The van der Waals surface area contributed by atoms with E-state index in [-0.39, 0.29) is 6.09 Å². The van der Waals surface area contributed by atoms with Gasteiger partial charge in [0.25, 0.3) is 0 Å². The molecule has 1 saturated heterocycles. The summed E-state index contributed by atoms with van der Waals surface area (Å²) in [6.07, 6.45) is -0.274. The first-order valence-corrected chi connectivity index (χ1v) is 10.4. The van der Waals surface area contributed by atoms with Gasteiger partial charge in [-0.2, -0.15) is 0 Å². The van der Waals surface area contributed by atoms with E-state index in [4.69, 9.17) is 25.8 Å². The van der Waals surface area contributed by atoms with Crippen LogP contribution < -0.4 is 14.4 Å². The Balaban J connectivity index is 1.65. The molecule has 2 aromatic carbocycles. The number of halogens is 1. The Kier molecular flexibility index (Phi) is 6.98. The van der Waals surface area contributed by atoms with E-state index < -0.39 is 5.60 Å². The molecule has 0 bridgehead atoms. The van der Waals surface area contributed by atoms with Gasteiger partial charge in [0.2, 0.25) is 0 Å². The van der Waals surface area contributed by atoms with Crippen molar-refractivity contribution < 1.29 is 19.0 Å². The molecular weight excluding hydrogens is 404 g/mol. The average Bonchev–Trinajstić information content (AvgIpc) is 2.72. The average molecular weight is 433 g/mol. The number of carbonyl (C=O) groups excluding carboxylic acids is 1. The van der Waals surface area contributed by atoms with Gasteiger partial charge in [0, 0.05) is 26.2 Å². The zero-order valence-electron chi connectivity index (χ0n) is 18.0. The van der Waals surface area contributed by atoms with Crippen LogP contribution >= 0.6 is 11.6 Å². The van der Waals surface area contributed by atoms with Gasteiger partial charge < -0.3 is 24.0 Å². The van der Waals surface area contributed by atoms with Crippen molar-refractivity contribution in [1.29, 1.82) is 0 Å². The molecule has 162 valence electrons. The summed E-state index contributed by atoms with van der Waals surface area (Å²) < 4.78 is 16.8. The molecule has 1 aliphatic rings. The van der Waals surface area contributed by atoms with Crippen LogP contribution in [0.1, 0.15) is 26.3 Å². The maximum Gasteiger partial charge on any atom is 0.410 e. The van der Waals surface area contributed by atoms with E-state index in [1.165, 1.54) is 0 Å². The van der Waals surface area contributed by atoms with Crippen LogP contribution in [0.2, 0.25) is 5.02 Å². The van der Waals surface area contributed by atoms with Crippen molar-refractivity contribution in [2.45, 2.75) is 33.0 Å². The summed E-state index contributed by atoms with van der Waals surface area (Å²) in [7, 11) is 1.64. The largest absolute Gasteiger partial charge is 0.497 e. The van der Waals surface area contributed by atoms with Gasteiger partial charge in [0.15, 0.2) is 5.75 Å². The summed E-state index contributed by atoms with van der Waals surface area (Å²) in [6, 6.07) is 13.5. The summed E-state index contributed by atoms with van der Waals surface area (Å²) in [6.45, 7) is 8.55. The highest BCUT2D eigenvalue weighted by Gasteiger charge is 2.27. The Bertz CT molecular complexity index is 856. The van der Waals surface area contributed by atoms with Gasteiger partial charge in [-0.05, 0) is 50.6 Å². The second kappa shape index (κ2) is 9.47. The number of hydrogen-bond acceptors (Lipinski definition) is 5. The molecule has 1 fully saturated rings. The molecule has 6 nitrogen and oxygen atoms in total. The molecule has 3 rings (SSSR count). The van der Waals surface area contributed by atoms with Crippen LogP contribution in [0.5, 0.6) is 11.5 Å². The van der Waals surface area contributed by atoms with E-state index in [2.05, 4.69) is 4.90 Å². The van der Waals surface area contributed by atoms with E-state index in [0.29, 0.717) is 43.6 Å². The number of hydrogen-bond donors (Lipinski definition) is 0. The molecule has 2 aromatic rings. The Labute approximate surface area is 183 Å². The molecule has 0 spiro atoms. The van der Waals surface area contributed by atoms with Crippen molar-refractivity contribution in [2.24, 2.45) is 0 Å². The summed E-state index contributed by atoms with van der Waals surface area (Å²) in [4.78, 5) is 16.2. The monoisotopic (exact) mass is 432 g/mol. The summed E-state index contributed by atoms with van der Waals surface area (Å²) >= 11 is 6.46. The van der Waals surface area contributed by atoms with Crippen LogP contribution in [0.15, 0.2) is 42.5 Å². The molecule has 0 aliphatic carbocycles. The number of methoxy groups -OCH3 is 1. The SMILES string of the molecule is COc1ccc(COc2c(Cl)cccc2N2CCN(C(=O)OC(C)(C)C)CC2)cc1. The lowest BCUT2D eigenvalue weighted by Gasteiger charge is -2.37. The van der Waals surface area contributed by atoms with Gasteiger partial charge in [0.05, 0.1) is 17.8 Å². The summed E-state index contributed by atoms with van der Waals surface area (Å²) in [5.74, 6) is 1.46. The third kappa shape index (κ3) is 5.72. The minimum Gasteiger partial charge on any atom is -0.497 e. The van der Waals surface area contributed by atoms with Crippen molar-refractivity contribution in [2.75, 3.05) is 38.2 Å². The molecule has 1 aliphatic heterocycles. The van der Waals surface area contributed by atoms with Crippen LogP contribution in [0.4, 0.5) is 10.5 Å². The fourth-order valence-corrected chi connectivity index (χ4v) is 3.45. The van der Waals surface area contributed by atoms with Crippen LogP contribution in [-0.4, -0.2) is 49.9 Å². The van der Waals surface area contributed by atoms with Crippen molar-refractivity contribution in [3.63, 3.8) is 0 Å². The van der Waals surface area contributed by atoms with Crippen molar-refractivity contribution >= 4 is 23.4 Å². The number of piperazine rings is 1. The normalized spacial score (nSPS) is 14.4. The molecular formula is C23H29ClN2O4. The van der Waals surface area contributed by atoms with Crippen LogP contribution in [-0.2, 0) is 11.3 Å². The van der Waals surface area contributed by atoms with Gasteiger partial charge in [-0.3, -0.25) is 0 Å².